The van der Waals surface area contributed by atoms with Crippen molar-refractivity contribution >= 4 is 11.9 Å². The highest BCUT2D eigenvalue weighted by atomic mass is 16.5. The van der Waals surface area contributed by atoms with E-state index in [1.54, 1.807) is 4.90 Å². The third-order valence-corrected chi connectivity index (χ3v) is 2.70. The van der Waals surface area contributed by atoms with Gasteiger partial charge in [-0.2, -0.15) is 0 Å². The minimum atomic E-state index is -0.813. The molecule has 0 spiro atoms. The molecule has 0 unspecified atom stereocenters. The van der Waals surface area contributed by atoms with Crippen molar-refractivity contribution in [3.05, 3.63) is 0 Å². The quantitative estimate of drug-likeness (QED) is 0.706. The lowest BCUT2D eigenvalue weighted by Gasteiger charge is -2.30. The second-order valence-corrected chi connectivity index (χ2v) is 4.07. The number of carboxylic acid groups (broad SMARTS) is 1. The molecule has 0 aliphatic carbocycles. The number of rotatable bonds is 5. The van der Waals surface area contributed by atoms with Crippen molar-refractivity contribution in [1.29, 1.82) is 0 Å². The molecule has 1 amide bonds. The third kappa shape index (κ3) is 3.81. The van der Waals surface area contributed by atoms with E-state index in [-0.39, 0.29) is 12.5 Å². The van der Waals surface area contributed by atoms with E-state index in [1.807, 2.05) is 6.92 Å². The predicted octanol–water partition coefficient (Wildman–Crippen LogP) is 0.736. The number of carbonyl (C=O) groups is 2. The van der Waals surface area contributed by atoms with Crippen LogP contribution < -0.4 is 0 Å². The van der Waals surface area contributed by atoms with Gasteiger partial charge in [-0.1, -0.05) is 6.92 Å². The van der Waals surface area contributed by atoms with Crippen LogP contribution in [0.15, 0.2) is 0 Å². The molecule has 5 nitrogen and oxygen atoms in total. The van der Waals surface area contributed by atoms with Gasteiger partial charge in [0.1, 0.15) is 6.61 Å². The van der Waals surface area contributed by atoms with Gasteiger partial charge in [0.25, 0.3) is 0 Å². The fraction of sp³-hybridized carbons (Fsp3) is 0.818. The molecule has 5 heteroatoms. The Morgan fingerprint density at radius 2 is 2.25 bits per heavy atom. The van der Waals surface area contributed by atoms with E-state index in [0.29, 0.717) is 26.1 Å². The monoisotopic (exact) mass is 229 g/mol. The van der Waals surface area contributed by atoms with Crippen LogP contribution >= 0.6 is 0 Å². The molecule has 0 aromatic rings. The minimum absolute atomic E-state index is 0.0696. The van der Waals surface area contributed by atoms with Crippen LogP contribution in [0, 0.1) is 5.92 Å². The molecular formula is C11H19NO4. The number of likely N-dealkylation sites (tertiary alicyclic amines) is 1. The average Bonchev–Trinajstić information content (AvgIpc) is 2.29. The van der Waals surface area contributed by atoms with Crippen molar-refractivity contribution in [1.82, 2.24) is 4.90 Å². The largest absolute Gasteiger partial charge is 0.481 e. The molecule has 1 heterocycles. The van der Waals surface area contributed by atoms with Gasteiger partial charge in [-0.25, -0.2) is 0 Å². The van der Waals surface area contributed by atoms with Crippen LogP contribution in [0.5, 0.6) is 0 Å². The van der Waals surface area contributed by atoms with Crippen molar-refractivity contribution in [2.45, 2.75) is 26.2 Å². The van der Waals surface area contributed by atoms with Crippen LogP contribution in [0.1, 0.15) is 26.2 Å². The highest BCUT2D eigenvalue weighted by Gasteiger charge is 2.27. The zero-order valence-electron chi connectivity index (χ0n) is 9.65. The highest BCUT2D eigenvalue weighted by molar-refractivity contribution is 5.79. The lowest BCUT2D eigenvalue weighted by Crippen LogP contribution is -2.43. The molecule has 16 heavy (non-hydrogen) atoms. The van der Waals surface area contributed by atoms with Crippen molar-refractivity contribution in [3.63, 3.8) is 0 Å². The molecule has 92 valence electrons. The number of hydrogen-bond acceptors (Lipinski definition) is 3. The summed E-state index contributed by atoms with van der Waals surface area (Å²) in [4.78, 5) is 24.1. The van der Waals surface area contributed by atoms with Crippen molar-refractivity contribution in [2.24, 2.45) is 5.92 Å². The summed E-state index contributed by atoms with van der Waals surface area (Å²) >= 11 is 0. The Balaban J connectivity index is 2.35. The highest BCUT2D eigenvalue weighted by Crippen LogP contribution is 2.16. The molecule has 1 rings (SSSR count). The maximum atomic E-state index is 11.6. The topological polar surface area (TPSA) is 66.8 Å². The first-order valence-corrected chi connectivity index (χ1v) is 5.73. The van der Waals surface area contributed by atoms with E-state index in [9.17, 15) is 9.59 Å². The van der Waals surface area contributed by atoms with Crippen LogP contribution in [-0.2, 0) is 14.3 Å². The first-order valence-electron chi connectivity index (χ1n) is 5.73. The van der Waals surface area contributed by atoms with Crippen molar-refractivity contribution in [3.8, 4) is 0 Å². The first-order chi connectivity index (χ1) is 7.65. The van der Waals surface area contributed by atoms with Gasteiger partial charge in [-0.15, -0.1) is 0 Å². The van der Waals surface area contributed by atoms with Crippen LogP contribution in [0.4, 0.5) is 0 Å². The summed E-state index contributed by atoms with van der Waals surface area (Å²) < 4.78 is 5.15. The molecule has 1 fully saturated rings. The van der Waals surface area contributed by atoms with Gasteiger partial charge in [0, 0.05) is 19.7 Å². The van der Waals surface area contributed by atoms with Gasteiger partial charge in [-0.3, -0.25) is 9.59 Å². The second-order valence-electron chi connectivity index (χ2n) is 4.07. The summed E-state index contributed by atoms with van der Waals surface area (Å²) in [7, 11) is 0. The molecule has 0 aromatic heterocycles. The number of aliphatic carboxylic acids is 1. The van der Waals surface area contributed by atoms with Gasteiger partial charge >= 0.3 is 5.97 Å². The molecule has 0 aromatic carbocycles. The van der Waals surface area contributed by atoms with Gasteiger partial charge in [-0.05, 0) is 19.3 Å². The Morgan fingerprint density at radius 1 is 1.50 bits per heavy atom. The first kappa shape index (κ1) is 13.0. The van der Waals surface area contributed by atoms with Crippen LogP contribution in [0.25, 0.3) is 0 Å². The Morgan fingerprint density at radius 3 is 2.88 bits per heavy atom. The molecular weight excluding hydrogens is 210 g/mol. The summed E-state index contributed by atoms with van der Waals surface area (Å²) in [5, 5.41) is 8.88. The summed E-state index contributed by atoms with van der Waals surface area (Å²) in [6.07, 6.45) is 2.30. The fourth-order valence-corrected chi connectivity index (χ4v) is 1.80. The molecule has 1 N–H and O–H groups in total. The van der Waals surface area contributed by atoms with Crippen LogP contribution in [0.2, 0.25) is 0 Å². The van der Waals surface area contributed by atoms with Gasteiger partial charge in [0.05, 0.1) is 5.92 Å². The SMILES string of the molecule is CCCOCC(=O)N1CCC[C@H](C(=O)O)C1. The zero-order chi connectivity index (χ0) is 12.0. The van der Waals surface area contributed by atoms with Crippen molar-refractivity contribution < 1.29 is 19.4 Å². The van der Waals surface area contributed by atoms with E-state index in [0.717, 1.165) is 12.8 Å². The standard InChI is InChI=1S/C11H19NO4/c1-2-6-16-8-10(13)12-5-3-4-9(7-12)11(14)15/h9H,2-8H2,1H3,(H,14,15)/t9-/m0/s1. The number of piperidine rings is 1. The summed E-state index contributed by atoms with van der Waals surface area (Å²) in [6.45, 7) is 3.59. The van der Waals surface area contributed by atoms with Crippen molar-refractivity contribution in [2.75, 3.05) is 26.3 Å². The van der Waals surface area contributed by atoms with Gasteiger partial charge < -0.3 is 14.7 Å². The minimum Gasteiger partial charge on any atom is -0.481 e. The maximum absolute atomic E-state index is 11.6. The lowest BCUT2D eigenvalue weighted by molar-refractivity contribution is -0.147. The Hall–Kier alpha value is -1.10. The van der Waals surface area contributed by atoms with E-state index >= 15 is 0 Å². The summed E-state index contributed by atoms with van der Waals surface area (Å²) in [5.41, 5.74) is 0. The van der Waals surface area contributed by atoms with E-state index in [1.165, 1.54) is 0 Å². The molecule has 0 bridgehead atoms. The molecule has 0 saturated carbocycles. The number of amides is 1. The van der Waals surface area contributed by atoms with Crippen LogP contribution in [-0.4, -0.2) is 48.2 Å². The number of ether oxygens (including phenoxy) is 1. The predicted molar refractivity (Wildman–Crippen MR) is 58.0 cm³/mol. The molecule has 1 saturated heterocycles. The third-order valence-electron chi connectivity index (χ3n) is 2.70. The summed E-state index contributed by atoms with van der Waals surface area (Å²) in [6, 6.07) is 0. The van der Waals surface area contributed by atoms with Crippen LogP contribution in [0.3, 0.4) is 0 Å². The second kappa shape index (κ2) is 6.48. The Bertz CT molecular complexity index is 254. The Kier molecular flexibility index (Phi) is 5.25. The van der Waals surface area contributed by atoms with E-state index < -0.39 is 11.9 Å². The fourth-order valence-electron chi connectivity index (χ4n) is 1.80. The van der Waals surface area contributed by atoms with Gasteiger partial charge in [0.2, 0.25) is 5.91 Å². The summed E-state index contributed by atoms with van der Waals surface area (Å²) in [5.74, 6) is -1.32. The maximum Gasteiger partial charge on any atom is 0.308 e. The lowest BCUT2D eigenvalue weighted by atomic mass is 9.98. The Labute approximate surface area is 95.4 Å². The molecule has 1 aliphatic rings. The number of nitrogens with zero attached hydrogens (tertiary/aromatic N) is 1. The average molecular weight is 229 g/mol. The number of carbonyl (C=O) groups excluding carboxylic acids is 1. The van der Waals surface area contributed by atoms with Gasteiger partial charge in [0.15, 0.2) is 0 Å². The number of carboxylic acids is 1. The smallest absolute Gasteiger partial charge is 0.308 e. The normalized spacial score (nSPS) is 20.8. The zero-order valence-corrected chi connectivity index (χ0v) is 9.65. The molecule has 0 radical (unpaired) electrons. The molecule has 1 atom stereocenters. The molecule has 1 aliphatic heterocycles. The van der Waals surface area contributed by atoms with E-state index in [4.69, 9.17) is 9.84 Å². The number of hydrogen-bond donors (Lipinski definition) is 1. The van der Waals surface area contributed by atoms with E-state index in [2.05, 4.69) is 0 Å².